The minimum Gasteiger partial charge on any atom is -0.328 e. The molecule has 5 heteroatoms. The lowest BCUT2D eigenvalue weighted by Gasteiger charge is -2.10. The summed E-state index contributed by atoms with van der Waals surface area (Å²) in [7, 11) is 0. The second-order valence-corrected chi connectivity index (χ2v) is 4.52. The van der Waals surface area contributed by atoms with Gasteiger partial charge in [0.25, 0.3) is 0 Å². The highest BCUT2D eigenvalue weighted by molar-refractivity contribution is 6.29. The lowest BCUT2D eigenvalue weighted by atomic mass is 10.1. The lowest BCUT2D eigenvalue weighted by Crippen LogP contribution is -2.23. The summed E-state index contributed by atoms with van der Waals surface area (Å²) in [4.78, 5) is 15.7. The second-order valence-electron chi connectivity index (χ2n) is 4.13. The van der Waals surface area contributed by atoms with Gasteiger partial charge < -0.3 is 11.1 Å². The standard InChI is InChI=1S/C11H14ClN3O/c12-10-4-3-9(6-14-10)15-11(16)7-1-2-8(13)5-7/h3-4,6-8H,1-2,5,13H2,(H,15,16). The molecule has 4 nitrogen and oxygen atoms in total. The highest BCUT2D eigenvalue weighted by Crippen LogP contribution is 2.25. The van der Waals surface area contributed by atoms with Crippen molar-refractivity contribution in [3.63, 3.8) is 0 Å². The summed E-state index contributed by atoms with van der Waals surface area (Å²) in [5, 5.41) is 3.23. The topological polar surface area (TPSA) is 68.0 Å². The van der Waals surface area contributed by atoms with Crippen LogP contribution in [0, 0.1) is 5.92 Å². The van der Waals surface area contributed by atoms with Gasteiger partial charge in [-0.1, -0.05) is 11.6 Å². The maximum absolute atomic E-state index is 11.8. The number of hydrogen-bond donors (Lipinski definition) is 2. The van der Waals surface area contributed by atoms with Gasteiger partial charge in [0.05, 0.1) is 11.9 Å². The van der Waals surface area contributed by atoms with Gasteiger partial charge in [0.2, 0.25) is 5.91 Å². The molecule has 86 valence electrons. The number of carbonyl (C=O) groups is 1. The van der Waals surface area contributed by atoms with Crippen LogP contribution >= 0.6 is 11.6 Å². The van der Waals surface area contributed by atoms with E-state index in [1.165, 1.54) is 0 Å². The molecule has 2 atom stereocenters. The molecule has 0 aliphatic heterocycles. The summed E-state index contributed by atoms with van der Waals surface area (Å²) in [6.07, 6.45) is 4.12. The molecule has 1 aromatic heterocycles. The smallest absolute Gasteiger partial charge is 0.227 e. The van der Waals surface area contributed by atoms with Crippen molar-refractivity contribution in [1.29, 1.82) is 0 Å². The van der Waals surface area contributed by atoms with Gasteiger partial charge in [0, 0.05) is 12.0 Å². The van der Waals surface area contributed by atoms with Crippen LogP contribution in [0.2, 0.25) is 5.15 Å². The Bertz CT molecular complexity index is 379. The van der Waals surface area contributed by atoms with E-state index in [2.05, 4.69) is 10.3 Å². The highest BCUT2D eigenvalue weighted by atomic mass is 35.5. The first kappa shape index (κ1) is 11.4. The molecule has 1 aliphatic carbocycles. The number of amides is 1. The van der Waals surface area contributed by atoms with Gasteiger partial charge in [0.15, 0.2) is 0 Å². The Kier molecular flexibility index (Phi) is 3.41. The summed E-state index contributed by atoms with van der Waals surface area (Å²) < 4.78 is 0. The third-order valence-corrected chi connectivity index (χ3v) is 3.06. The summed E-state index contributed by atoms with van der Waals surface area (Å²) in [6, 6.07) is 3.55. The third kappa shape index (κ3) is 2.71. The van der Waals surface area contributed by atoms with E-state index in [0.29, 0.717) is 10.8 Å². The van der Waals surface area contributed by atoms with E-state index in [-0.39, 0.29) is 17.9 Å². The number of nitrogens with one attached hydrogen (secondary N) is 1. The molecular weight excluding hydrogens is 226 g/mol. The Hall–Kier alpha value is -1.13. The van der Waals surface area contributed by atoms with E-state index in [9.17, 15) is 4.79 Å². The van der Waals surface area contributed by atoms with E-state index in [1.807, 2.05) is 0 Å². The number of carbonyl (C=O) groups excluding carboxylic acids is 1. The van der Waals surface area contributed by atoms with Crippen molar-refractivity contribution in [3.05, 3.63) is 23.5 Å². The van der Waals surface area contributed by atoms with Gasteiger partial charge in [-0.05, 0) is 31.4 Å². The Balaban J connectivity index is 1.94. The van der Waals surface area contributed by atoms with Crippen LogP contribution in [0.1, 0.15) is 19.3 Å². The lowest BCUT2D eigenvalue weighted by molar-refractivity contribution is -0.119. The fraction of sp³-hybridized carbons (Fsp3) is 0.455. The first-order valence-electron chi connectivity index (χ1n) is 5.33. The quantitative estimate of drug-likeness (QED) is 0.774. The van der Waals surface area contributed by atoms with Gasteiger partial charge in [-0.15, -0.1) is 0 Å². The average Bonchev–Trinajstić information content (AvgIpc) is 2.68. The molecule has 0 radical (unpaired) electrons. The Morgan fingerprint density at radius 3 is 2.88 bits per heavy atom. The fourth-order valence-electron chi connectivity index (χ4n) is 1.95. The van der Waals surface area contributed by atoms with E-state index in [1.54, 1.807) is 18.3 Å². The molecule has 0 aromatic carbocycles. The van der Waals surface area contributed by atoms with Crippen molar-refractivity contribution in [2.75, 3.05) is 5.32 Å². The molecule has 1 saturated carbocycles. The fourth-order valence-corrected chi connectivity index (χ4v) is 2.06. The van der Waals surface area contributed by atoms with E-state index in [0.717, 1.165) is 19.3 Å². The molecule has 3 N–H and O–H groups in total. The van der Waals surface area contributed by atoms with E-state index < -0.39 is 0 Å². The Morgan fingerprint density at radius 1 is 1.50 bits per heavy atom. The Labute approximate surface area is 99.2 Å². The number of aromatic nitrogens is 1. The third-order valence-electron chi connectivity index (χ3n) is 2.84. The largest absolute Gasteiger partial charge is 0.328 e. The van der Waals surface area contributed by atoms with E-state index in [4.69, 9.17) is 17.3 Å². The first-order valence-corrected chi connectivity index (χ1v) is 5.71. The van der Waals surface area contributed by atoms with Crippen LogP contribution in [0.3, 0.4) is 0 Å². The zero-order chi connectivity index (χ0) is 11.5. The van der Waals surface area contributed by atoms with Crippen molar-refractivity contribution in [3.8, 4) is 0 Å². The monoisotopic (exact) mass is 239 g/mol. The number of nitrogens with zero attached hydrogens (tertiary/aromatic N) is 1. The molecule has 2 unspecified atom stereocenters. The van der Waals surface area contributed by atoms with Crippen LogP contribution < -0.4 is 11.1 Å². The minimum atomic E-state index is 0.0251. The predicted molar refractivity (Wildman–Crippen MR) is 63.2 cm³/mol. The Morgan fingerprint density at radius 2 is 2.31 bits per heavy atom. The second kappa shape index (κ2) is 4.80. The molecule has 1 amide bonds. The normalized spacial score (nSPS) is 24.4. The summed E-state index contributed by atoms with van der Waals surface area (Å²) >= 11 is 5.65. The molecule has 16 heavy (non-hydrogen) atoms. The maximum Gasteiger partial charge on any atom is 0.227 e. The van der Waals surface area contributed by atoms with Crippen LogP contribution in [-0.4, -0.2) is 16.9 Å². The zero-order valence-corrected chi connectivity index (χ0v) is 9.57. The summed E-state index contributed by atoms with van der Waals surface area (Å²) in [6.45, 7) is 0. The highest BCUT2D eigenvalue weighted by Gasteiger charge is 2.27. The molecule has 1 aromatic rings. The van der Waals surface area contributed by atoms with Gasteiger partial charge >= 0.3 is 0 Å². The molecule has 1 heterocycles. The predicted octanol–water partition coefficient (Wildman–Crippen LogP) is 1.80. The summed E-state index contributed by atoms with van der Waals surface area (Å²) in [5.74, 6) is 0.0581. The molecule has 0 saturated heterocycles. The molecule has 1 fully saturated rings. The molecule has 0 bridgehead atoms. The molecule has 1 aliphatic rings. The van der Waals surface area contributed by atoms with Crippen molar-refractivity contribution in [1.82, 2.24) is 4.98 Å². The van der Waals surface area contributed by atoms with Crippen LogP contribution in [-0.2, 0) is 4.79 Å². The van der Waals surface area contributed by atoms with Gasteiger partial charge in [-0.25, -0.2) is 4.98 Å². The number of hydrogen-bond acceptors (Lipinski definition) is 3. The van der Waals surface area contributed by atoms with Gasteiger partial charge in [0.1, 0.15) is 5.15 Å². The number of anilines is 1. The van der Waals surface area contributed by atoms with Gasteiger partial charge in [-0.3, -0.25) is 4.79 Å². The number of pyridine rings is 1. The first-order chi connectivity index (χ1) is 7.65. The number of halogens is 1. The van der Waals surface area contributed by atoms with Crippen molar-refractivity contribution < 1.29 is 4.79 Å². The van der Waals surface area contributed by atoms with Crippen molar-refractivity contribution in [2.45, 2.75) is 25.3 Å². The maximum atomic E-state index is 11.8. The molecule has 2 rings (SSSR count). The van der Waals surface area contributed by atoms with Crippen LogP contribution in [0.5, 0.6) is 0 Å². The van der Waals surface area contributed by atoms with E-state index >= 15 is 0 Å². The molecular formula is C11H14ClN3O. The molecule has 0 spiro atoms. The van der Waals surface area contributed by atoms with Crippen molar-refractivity contribution in [2.24, 2.45) is 11.7 Å². The average molecular weight is 240 g/mol. The summed E-state index contributed by atoms with van der Waals surface area (Å²) in [5.41, 5.74) is 6.44. The van der Waals surface area contributed by atoms with Crippen LogP contribution in [0.25, 0.3) is 0 Å². The zero-order valence-electron chi connectivity index (χ0n) is 8.82. The van der Waals surface area contributed by atoms with Gasteiger partial charge in [-0.2, -0.15) is 0 Å². The number of nitrogens with two attached hydrogens (primary N) is 1. The number of rotatable bonds is 2. The van der Waals surface area contributed by atoms with Crippen molar-refractivity contribution >= 4 is 23.2 Å². The van der Waals surface area contributed by atoms with Crippen LogP contribution in [0.15, 0.2) is 18.3 Å². The SMILES string of the molecule is NC1CCC(C(=O)Nc2ccc(Cl)nc2)C1. The van der Waals surface area contributed by atoms with Crippen LogP contribution in [0.4, 0.5) is 5.69 Å². The minimum absolute atomic E-state index is 0.0251.